The number of ketones is 1. The quantitative estimate of drug-likeness (QED) is 0.239. The van der Waals surface area contributed by atoms with Gasteiger partial charge in [-0.2, -0.15) is 18.3 Å². The van der Waals surface area contributed by atoms with Crippen LogP contribution in [0.3, 0.4) is 0 Å². The van der Waals surface area contributed by atoms with Crippen LogP contribution in [0.1, 0.15) is 91.7 Å². The Kier molecular flexibility index (Phi) is 9.55. The Labute approximate surface area is 238 Å². The highest BCUT2D eigenvalue weighted by Gasteiger charge is 2.45. The zero-order valence-corrected chi connectivity index (χ0v) is 23.7. The predicted molar refractivity (Wildman–Crippen MR) is 139 cm³/mol. The van der Waals surface area contributed by atoms with E-state index in [4.69, 9.17) is 23.2 Å². The lowest BCUT2D eigenvalue weighted by atomic mass is 9.74. The average molecular weight is 609 g/mol. The molecule has 1 aliphatic carbocycles. The number of carbonyl (C=O) groups excluding carboxylic acids is 2. The van der Waals surface area contributed by atoms with Crippen LogP contribution in [-0.4, -0.2) is 61.2 Å². The molecule has 1 fully saturated rings. The van der Waals surface area contributed by atoms with Crippen molar-refractivity contribution >= 4 is 40.9 Å². The molecule has 1 amide bonds. The van der Waals surface area contributed by atoms with Crippen molar-refractivity contribution < 1.29 is 37.1 Å². The number of nitrogens with zero attached hydrogens (tertiary/aromatic N) is 4. The van der Waals surface area contributed by atoms with Crippen LogP contribution >= 0.6 is 23.2 Å². The summed E-state index contributed by atoms with van der Waals surface area (Å²) in [5.74, 6) is -3.07. The summed E-state index contributed by atoms with van der Waals surface area (Å²) in [5, 5.41) is 13.1. The maximum Gasteiger partial charge on any atom is 0.433 e. The molecular formula is C26H30Cl2F4N4O4. The first-order valence-electron chi connectivity index (χ1n) is 12.8. The van der Waals surface area contributed by atoms with E-state index in [2.05, 4.69) is 10.1 Å². The topological polar surface area (TPSA) is 105 Å². The van der Waals surface area contributed by atoms with Crippen molar-refractivity contribution in [2.45, 2.75) is 77.2 Å². The zero-order valence-electron chi connectivity index (χ0n) is 22.2. The van der Waals surface area contributed by atoms with E-state index in [0.29, 0.717) is 4.68 Å². The highest BCUT2D eigenvalue weighted by Crippen LogP contribution is 2.43. The molecule has 1 N–H and O–H groups in total. The average Bonchev–Trinajstić information content (AvgIpc) is 3.34. The van der Waals surface area contributed by atoms with Crippen molar-refractivity contribution in [2.75, 3.05) is 13.1 Å². The normalized spacial score (nSPS) is 19.9. The van der Waals surface area contributed by atoms with Gasteiger partial charge in [0.15, 0.2) is 11.5 Å². The van der Waals surface area contributed by atoms with E-state index in [1.165, 1.54) is 20.8 Å². The molecule has 1 aliphatic rings. The smallest absolute Gasteiger partial charge is 0.433 e. The Morgan fingerprint density at radius 2 is 1.62 bits per heavy atom. The number of hydrogen-bond acceptors (Lipinski definition) is 5. The second-order valence-corrected chi connectivity index (χ2v) is 11.2. The minimum atomic E-state index is -5.02. The Morgan fingerprint density at radius 1 is 1.07 bits per heavy atom. The van der Waals surface area contributed by atoms with E-state index in [1.54, 1.807) is 0 Å². The number of carboxylic acid groups (broad SMARTS) is 1. The number of alkyl halides is 4. The summed E-state index contributed by atoms with van der Waals surface area (Å²) < 4.78 is 59.4. The Morgan fingerprint density at radius 3 is 2.10 bits per heavy atom. The maximum absolute atomic E-state index is 15.5. The molecule has 14 heteroatoms. The number of Topliss-reactive ketones (excluding diaryl/α,β-unsaturated/α-hetero) is 1. The van der Waals surface area contributed by atoms with E-state index in [9.17, 15) is 32.7 Å². The number of hydrogen-bond donors (Lipinski definition) is 1. The number of aromatic nitrogens is 3. The summed E-state index contributed by atoms with van der Waals surface area (Å²) in [5.41, 5.74) is -5.42. The molecule has 0 aromatic carbocycles. The minimum Gasteiger partial charge on any atom is -0.481 e. The summed E-state index contributed by atoms with van der Waals surface area (Å²) in [6.07, 6.45) is -1.64. The molecule has 220 valence electrons. The van der Waals surface area contributed by atoms with Crippen LogP contribution in [0, 0.1) is 5.41 Å². The van der Waals surface area contributed by atoms with E-state index in [1.807, 2.05) is 0 Å². The summed E-state index contributed by atoms with van der Waals surface area (Å²) in [4.78, 5) is 42.8. The Balaban J connectivity index is 2.02. The second kappa shape index (κ2) is 12.0. The Hall–Kier alpha value is -2.73. The van der Waals surface area contributed by atoms with Crippen molar-refractivity contribution in [2.24, 2.45) is 5.41 Å². The Bertz CT molecular complexity index is 1250. The van der Waals surface area contributed by atoms with E-state index in [-0.39, 0.29) is 54.1 Å². The van der Waals surface area contributed by atoms with Gasteiger partial charge in [0.05, 0.1) is 51.9 Å². The van der Waals surface area contributed by atoms with E-state index < -0.39 is 65.3 Å². The molecular weight excluding hydrogens is 579 g/mol. The lowest BCUT2D eigenvalue weighted by Crippen LogP contribution is -2.45. The third-order valence-electron chi connectivity index (χ3n) is 7.71. The van der Waals surface area contributed by atoms with Crippen molar-refractivity contribution in [3.63, 3.8) is 0 Å². The molecule has 8 nitrogen and oxygen atoms in total. The molecule has 2 heterocycles. The molecule has 40 heavy (non-hydrogen) atoms. The number of pyridine rings is 1. The van der Waals surface area contributed by atoms with Crippen molar-refractivity contribution in [3.8, 4) is 0 Å². The van der Waals surface area contributed by atoms with Gasteiger partial charge in [0, 0.05) is 12.4 Å². The SMILES string of the molecule is CCC(F)(CC)CN(CC(=O)c1c(Cl)cncc1Cl)C(=O)c1cnn([C@H]2CC[C@](C)(C(=O)O)CC2)c1C(F)(F)F. The monoisotopic (exact) mass is 608 g/mol. The molecule has 0 saturated heterocycles. The zero-order chi connectivity index (χ0) is 30.0. The molecule has 3 rings (SSSR count). The molecule has 0 radical (unpaired) electrons. The lowest BCUT2D eigenvalue weighted by molar-refractivity contribution is -0.152. The van der Waals surface area contributed by atoms with Gasteiger partial charge in [0.1, 0.15) is 5.67 Å². The van der Waals surface area contributed by atoms with Gasteiger partial charge in [-0.3, -0.25) is 24.0 Å². The van der Waals surface area contributed by atoms with Crippen LogP contribution in [0.2, 0.25) is 10.0 Å². The summed E-state index contributed by atoms with van der Waals surface area (Å²) in [7, 11) is 0. The number of carboxylic acids is 1. The van der Waals surface area contributed by atoms with Gasteiger partial charge in [-0.05, 0) is 45.4 Å². The highest BCUT2D eigenvalue weighted by atomic mass is 35.5. The number of halogens is 6. The van der Waals surface area contributed by atoms with Crippen LogP contribution in [0.15, 0.2) is 18.6 Å². The molecule has 0 atom stereocenters. The molecule has 0 unspecified atom stereocenters. The van der Waals surface area contributed by atoms with E-state index >= 15 is 4.39 Å². The highest BCUT2D eigenvalue weighted by molar-refractivity contribution is 6.39. The van der Waals surface area contributed by atoms with Gasteiger partial charge >= 0.3 is 12.1 Å². The van der Waals surface area contributed by atoms with E-state index in [0.717, 1.165) is 23.5 Å². The molecule has 1 saturated carbocycles. The first-order chi connectivity index (χ1) is 18.6. The summed E-state index contributed by atoms with van der Waals surface area (Å²) in [6, 6.07) is -0.804. The number of amides is 1. The fraction of sp³-hybridized carbons (Fsp3) is 0.577. The predicted octanol–water partition coefficient (Wildman–Crippen LogP) is 6.66. The van der Waals surface area contributed by atoms with Crippen molar-refractivity contribution in [1.29, 1.82) is 0 Å². The first-order valence-corrected chi connectivity index (χ1v) is 13.5. The number of rotatable bonds is 10. The summed E-state index contributed by atoms with van der Waals surface area (Å²) >= 11 is 12.1. The van der Waals surface area contributed by atoms with Crippen LogP contribution in [0.5, 0.6) is 0 Å². The standard InChI is InChI=1S/C26H30Cl2F4N4O4/c1-4-25(29,5-2)14-35(13-19(37)20-17(27)11-33-12-18(20)28)22(38)16-10-34-36(21(16)26(30,31)32)15-6-8-24(3,9-7-15)23(39)40/h10-12,15H,4-9,13-14H2,1-3H3,(H,39,40)/t15-,24-. The number of carbonyl (C=O) groups is 3. The van der Waals surface area contributed by atoms with Crippen LogP contribution < -0.4 is 0 Å². The lowest BCUT2D eigenvalue weighted by Gasteiger charge is -2.34. The largest absolute Gasteiger partial charge is 0.481 e. The van der Waals surface area contributed by atoms with Gasteiger partial charge in [-0.1, -0.05) is 37.0 Å². The fourth-order valence-corrected chi connectivity index (χ4v) is 5.47. The van der Waals surface area contributed by atoms with Gasteiger partial charge in [0.25, 0.3) is 5.91 Å². The maximum atomic E-state index is 15.5. The summed E-state index contributed by atoms with van der Waals surface area (Å²) in [6.45, 7) is 3.13. The molecule has 0 spiro atoms. The van der Waals surface area contributed by atoms with Crippen LogP contribution in [0.25, 0.3) is 0 Å². The molecule has 0 aliphatic heterocycles. The van der Waals surface area contributed by atoms with Crippen molar-refractivity contribution in [3.05, 3.63) is 45.5 Å². The second-order valence-electron chi connectivity index (χ2n) is 10.4. The molecule has 2 aromatic rings. The molecule has 2 aromatic heterocycles. The minimum absolute atomic E-state index is 0.0615. The number of aliphatic carboxylic acids is 1. The van der Waals surface area contributed by atoms with Gasteiger partial charge in [-0.25, -0.2) is 4.39 Å². The third kappa shape index (κ3) is 6.59. The fourth-order valence-electron chi connectivity index (χ4n) is 4.89. The van der Waals surface area contributed by atoms with Crippen LogP contribution in [0.4, 0.5) is 17.6 Å². The van der Waals surface area contributed by atoms with Gasteiger partial charge in [-0.15, -0.1) is 0 Å². The van der Waals surface area contributed by atoms with Crippen molar-refractivity contribution in [1.82, 2.24) is 19.7 Å². The third-order valence-corrected chi connectivity index (χ3v) is 8.28. The van der Waals surface area contributed by atoms with Gasteiger partial charge < -0.3 is 10.0 Å². The van der Waals surface area contributed by atoms with Crippen LogP contribution in [-0.2, 0) is 11.0 Å². The molecule has 0 bridgehead atoms. The first kappa shape index (κ1) is 31.8. The van der Waals surface area contributed by atoms with Gasteiger partial charge in [0.2, 0.25) is 0 Å².